The number of anilines is 1. The molecular weight excluding hydrogens is 490 g/mol. The standard InChI is InChI=1S/C31H45N5O3/c1-22-29(31(37)36-15-12-26(13-16-36)35(2)27-14-17-39-20-28(27)38-3)33-21-34-30(22)32-19-23-8-7-11-25(18-23)24-9-5-4-6-10-24/h4-6,9-10,21,23,25-28H,7-8,11-20H2,1-3H3,(H,32,33,34)/t23-,25+,27?,28?/m0/s1. The highest BCUT2D eigenvalue weighted by Crippen LogP contribution is 2.36. The fourth-order valence-electron chi connectivity index (χ4n) is 6.88. The average Bonchev–Trinajstić information content (AvgIpc) is 3.00. The van der Waals surface area contributed by atoms with Crippen LogP contribution in [0.3, 0.4) is 0 Å². The molecule has 8 heteroatoms. The van der Waals surface area contributed by atoms with Gasteiger partial charge in [-0.25, -0.2) is 9.97 Å². The van der Waals surface area contributed by atoms with E-state index >= 15 is 0 Å². The van der Waals surface area contributed by atoms with Gasteiger partial charge in [0.05, 0.1) is 12.7 Å². The van der Waals surface area contributed by atoms with E-state index in [0.717, 1.165) is 56.9 Å². The van der Waals surface area contributed by atoms with E-state index in [-0.39, 0.29) is 12.0 Å². The molecule has 4 atom stereocenters. The number of carbonyl (C=O) groups excluding carboxylic acids is 1. The Morgan fingerprint density at radius 2 is 1.92 bits per heavy atom. The molecule has 1 aromatic heterocycles. The molecule has 3 fully saturated rings. The fraction of sp³-hybridized carbons (Fsp3) is 0.645. The maximum Gasteiger partial charge on any atom is 0.272 e. The van der Waals surface area contributed by atoms with Crippen LogP contribution in [0.4, 0.5) is 5.82 Å². The zero-order chi connectivity index (χ0) is 27.2. The van der Waals surface area contributed by atoms with Gasteiger partial charge in [-0.3, -0.25) is 9.69 Å². The van der Waals surface area contributed by atoms with Crippen LogP contribution in [-0.2, 0) is 9.47 Å². The Bertz CT molecular complexity index is 1080. The van der Waals surface area contributed by atoms with Crippen molar-refractivity contribution in [3.05, 3.63) is 53.5 Å². The lowest BCUT2D eigenvalue weighted by atomic mass is 9.78. The van der Waals surface area contributed by atoms with Crippen molar-refractivity contribution in [1.29, 1.82) is 0 Å². The summed E-state index contributed by atoms with van der Waals surface area (Å²) in [5.74, 6) is 2.03. The SMILES string of the molecule is COC1COCCC1N(C)C1CCN(C(=O)c2ncnc(NC[C@H]3CCC[C@@H](c4ccccc4)C3)c2C)CC1. The first kappa shape index (κ1) is 28.0. The number of hydrogen-bond donors (Lipinski definition) is 1. The predicted octanol–water partition coefficient (Wildman–Crippen LogP) is 4.51. The van der Waals surface area contributed by atoms with Crippen molar-refractivity contribution < 1.29 is 14.3 Å². The van der Waals surface area contributed by atoms with Gasteiger partial charge in [-0.2, -0.15) is 0 Å². The molecule has 8 nitrogen and oxygen atoms in total. The molecule has 1 saturated carbocycles. The summed E-state index contributed by atoms with van der Waals surface area (Å²) in [6, 6.07) is 11.7. The zero-order valence-electron chi connectivity index (χ0n) is 23.8. The summed E-state index contributed by atoms with van der Waals surface area (Å²) in [6.45, 7) is 5.76. The van der Waals surface area contributed by atoms with Gasteiger partial charge in [-0.05, 0) is 69.9 Å². The van der Waals surface area contributed by atoms with Gasteiger partial charge >= 0.3 is 0 Å². The molecule has 3 aliphatic rings. The number of aromatic nitrogens is 2. The summed E-state index contributed by atoms with van der Waals surface area (Å²) >= 11 is 0. The van der Waals surface area contributed by atoms with E-state index in [1.54, 1.807) is 7.11 Å². The van der Waals surface area contributed by atoms with E-state index in [1.807, 2.05) is 11.8 Å². The summed E-state index contributed by atoms with van der Waals surface area (Å²) in [4.78, 5) is 26.9. The van der Waals surface area contributed by atoms with Gasteiger partial charge in [0, 0.05) is 51.0 Å². The number of hydrogen-bond acceptors (Lipinski definition) is 7. The normalized spacial score (nSPS) is 26.5. The molecule has 39 heavy (non-hydrogen) atoms. The highest BCUT2D eigenvalue weighted by atomic mass is 16.5. The molecule has 1 aliphatic carbocycles. The molecular formula is C31H45N5O3. The number of ether oxygens (including phenoxy) is 2. The summed E-state index contributed by atoms with van der Waals surface area (Å²) in [7, 11) is 3.97. The second-order valence-electron chi connectivity index (χ2n) is 11.6. The van der Waals surface area contributed by atoms with Crippen LogP contribution in [0.2, 0.25) is 0 Å². The Kier molecular flexibility index (Phi) is 9.48. The summed E-state index contributed by atoms with van der Waals surface area (Å²) in [5, 5.41) is 3.57. The largest absolute Gasteiger partial charge is 0.379 e. The number of likely N-dealkylation sites (tertiary alicyclic amines) is 1. The Balaban J connectivity index is 1.15. The third-order valence-electron chi connectivity index (χ3n) is 9.32. The fourth-order valence-corrected chi connectivity index (χ4v) is 6.88. The number of carbonyl (C=O) groups is 1. The highest BCUT2D eigenvalue weighted by molar-refractivity contribution is 5.94. The van der Waals surface area contributed by atoms with Crippen LogP contribution >= 0.6 is 0 Å². The van der Waals surface area contributed by atoms with E-state index in [1.165, 1.54) is 37.6 Å². The highest BCUT2D eigenvalue weighted by Gasteiger charge is 2.35. The van der Waals surface area contributed by atoms with Crippen LogP contribution in [0.5, 0.6) is 0 Å². The van der Waals surface area contributed by atoms with Crippen molar-refractivity contribution in [1.82, 2.24) is 19.8 Å². The monoisotopic (exact) mass is 535 g/mol. The number of amides is 1. The van der Waals surface area contributed by atoms with Gasteiger partial charge in [-0.15, -0.1) is 0 Å². The minimum atomic E-state index is 0.0155. The number of nitrogens with zero attached hydrogens (tertiary/aromatic N) is 4. The molecule has 1 N–H and O–H groups in total. The number of rotatable bonds is 8. The maximum absolute atomic E-state index is 13.5. The summed E-state index contributed by atoms with van der Waals surface area (Å²) in [6.07, 6.45) is 9.47. The van der Waals surface area contributed by atoms with Crippen molar-refractivity contribution in [3.63, 3.8) is 0 Å². The van der Waals surface area contributed by atoms with E-state index in [9.17, 15) is 4.79 Å². The van der Waals surface area contributed by atoms with Crippen molar-refractivity contribution >= 4 is 11.7 Å². The third kappa shape index (κ3) is 6.61. The molecule has 5 rings (SSSR count). The number of piperidine rings is 1. The quantitative estimate of drug-likeness (QED) is 0.533. The van der Waals surface area contributed by atoms with Crippen molar-refractivity contribution in [2.45, 2.75) is 76.0 Å². The second kappa shape index (κ2) is 13.2. The van der Waals surface area contributed by atoms with Gasteiger partial charge in [0.1, 0.15) is 17.8 Å². The summed E-state index contributed by atoms with van der Waals surface area (Å²) < 4.78 is 11.3. The van der Waals surface area contributed by atoms with Crippen molar-refractivity contribution in [2.24, 2.45) is 5.92 Å². The zero-order valence-corrected chi connectivity index (χ0v) is 23.8. The Labute approximate surface area is 233 Å². The maximum atomic E-state index is 13.5. The number of methoxy groups -OCH3 is 1. The van der Waals surface area contributed by atoms with Crippen LogP contribution < -0.4 is 5.32 Å². The minimum Gasteiger partial charge on any atom is -0.379 e. The van der Waals surface area contributed by atoms with Gasteiger partial charge in [0.15, 0.2) is 0 Å². The molecule has 2 aromatic rings. The second-order valence-corrected chi connectivity index (χ2v) is 11.6. The first-order chi connectivity index (χ1) is 19.0. The van der Waals surface area contributed by atoms with Gasteiger partial charge in [0.2, 0.25) is 0 Å². The molecule has 2 unspecified atom stereocenters. The Morgan fingerprint density at radius 1 is 1.13 bits per heavy atom. The van der Waals surface area contributed by atoms with Crippen molar-refractivity contribution in [2.75, 3.05) is 52.3 Å². The van der Waals surface area contributed by atoms with E-state index in [0.29, 0.717) is 36.2 Å². The lowest BCUT2D eigenvalue weighted by molar-refractivity contribution is -0.0891. The van der Waals surface area contributed by atoms with Crippen LogP contribution in [0.15, 0.2) is 36.7 Å². The lowest BCUT2D eigenvalue weighted by Crippen LogP contribution is -2.54. The molecule has 212 valence electrons. The molecule has 1 aromatic carbocycles. The molecule has 0 radical (unpaired) electrons. The molecule has 2 saturated heterocycles. The molecule has 2 aliphatic heterocycles. The van der Waals surface area contributed by atoms with Gasteiger partial charge in [0.25, 0.3) is 5.91 Å². The van der Waals surface area contributed by atoms with Gasteiger partial charge in [-0.1, -0.05) is 36.8 Å². The molecule has 3 heterocycles. The molecule has 0 bridgehead atoms. The lowest BCUT2D eigenvalue weighted by Gasteiger charge is -2.44. The Hall–Kier alpha value is -2.55. The first-order valence-corrected chi connectivity index (χ1v) is 14.8. The molecule has 1 amide bonds. The average molecular weight is 536 g/mol. The van der Waals surface area contributed by atoms with Gasteiger partial charge < -0.3 is 19.7 Å². The smallest absolute Gasteiger partial charge is 0.272 e. The number of benzene rings is 1. The first-order valence-electron chi connectivity index (χ1n) is 14.8. The Morgan fingerprint density at radius 3 is 2.69 bits per heavy atom. The third-order valence-corrected chi connectivity index (χ3v) is 9.32. The minimum absolute atomic E-state index is 0.0155. The van der Waals surface area contributed by atoms with E-state index in [4.69, 9.17) is 9.47 Å². The van der Waals surface area contributed by atoms with Crippen LogP contribution in [0, 0.1) is 12.8 Å². The predicted molar refractivity (Wildman–Crippen MR) is 153 cm³/mol. The van der Waals surface area contributed by atoms with Crippen molar-refractivity contribution in [3.8, 4) is 0 Å². The van der Waals surface area contributed by atoms with E-state index in [2.05, 4.69) is 57.6 Å². The van der Waals surface area contributed by atoms with E-state index < -0.39 is 0 Å². The summed E-state index contributed by atoms with van der Waals surface area (Å²) in [5.41, 5.74) is 2.82. The number of likely N-dealkylation sites (N-methyl/N-ethyl adjacent to an activating group) is 1. The molecule has 0 spiro atoms. The van der Waals surface area contributed by atoms with Crippen LogP contribution in [0.25, 0.3) is 0 Å². The topological polar surface area (TPSA) is 79.8 Å². The van der Waals surface area contributed by atoms with Crippen LogP contribution in [0.1, 0.15) is 72.5 Å². The number of nitrogens with one attached hydrogen (secondary N) is 1. The van der Waals surface area contributed by atoms with Crippen LogP contribution in [-0.4, -0.2) is 90.9 Å².